The number of ether oxygens (including phenoxy) is 2. The Morgan fingerprint density at radius 1 is 1.35 bits per heavy atom. The number of aliphatic hydroxyl groups is 4. The van der Waals surface area contributed by atoms with Gasteiger partial charge in [0.05, 0.1) is 55.3 Å². The van der Waals surface area contributed by atoms with E-state index in [9.17, 15) is 25.2 Å². The minimum atomic E-state index is -1.81. The van der Waals surface area contributed by atoms with E-state index in [2.05, 4.69) is 9.97 Å². The van der Waals surface area contributed by atoms with Crippen molar-refractivity contribution in [1.82, 2.24) is 9.97 Å². The number of aromatic nitrogens is 2. The molecule has 0 bridgehead atoms. The second-order valence-electron chi connectivity index (χ2n) is 11.0. The summed E-state index contributed by atoms with van der Waals surface area (Å²) in [6.45, 7) is 7.44. The number of Topliss-reactive ketones (excluding diaryl/α,β-unsaturated/α-hetero) is 1. The Morgan fingerprint density at radius 2 is 2.03 bits per heavy atom. The lowest BCUT2D eigenvalue weighted by molar-refractivity contribution is -0.438. The first kappa shape index (κ1) is 26.9. The van der Waals surface area contributed by atoms with E-state index >= 15 is 0 Å². The van der Waals surface area contributed by atoms with Gasteiger partial charge in [-0.05, 0) is 18.3 Å². The van der Waals surface area contributed by atoms with Gasteiger partial charge in [-0.15, -0.1) is 0 Å². The third kappa shape index (κ3) is 5.11. The molecule has 1 aromatic rings. The van der Waals surface area contributed by atoms with Gasteiger partial charge in [0.2, 0.25) is 0 Å². The maximum Gasteiger partial charge on any atom is 0.193 e. The molecule has 192 valence electrons. The van der Waals surface area contributed by atoms with Gasteiger partial charge in [-0.25, -0.2) is 4.98 Å². The number of nitrogens with two attached hydrogens (primary N) is 1. The number of imidazole rings is 1. The Labute approximate surface area is 199 Å². The summed E-state index contributed by atoms with van der Waals surface area (Å²) in [5.74, 6) is -4.05. The van der Waals surface area contributed by atoms with Crippen molar-refractivity contribution in [1.29, 1.82) is 5.41 Å². The molecule has 1 saturated carbocycles. The van der Waals surface area contributed by atoms with Crippen LogP contribution in [-0.2, 0) is 20.7 Å². The number of H-pyrrole nitrogens is 1. The molecule has 0 amide bonds. The Bertz CT molecular complexity index is 875. The van der Waals surface area contributed by atoms with Crippen molar-refractivity contribution in [2.75, 3.05) is 13.2 Å². The van der Waals surface area contributed by atoms with Crippen LogP contribution in [0.1, 0.15) is 46.2 Å². The molecule has 11 nitrogen and oxygen atoms in total. The number of fused-ring (bicyclic) bond motifs is 1. The van der Waals surface area contributed by atoms with Crippen molar-refractivity contribution in [3.8, 4) is 0 Å². The molecule has 0 radical (unpaired) electrons. The SMILES string of the molecule is CC(C)(CCOC1OC2(O)C(CO)C(O)C(O)C12)CC(C)(C)C(=N)C(=O)C(N)Cc1cnc[nH]1. The first-order valence-corrected chi connectivity index (χ1v) is 11.6. The highest BCUT2D eigenvalue weighted by atomic mass is 16.8. The highest BCUT2D eigenvalue weighted by Gasteiger charge is 2.71. The molecule has 2 fully saturated rings. The Kier molecular flexibility index (Phi) is 7.69. The number of ketones is 1. The monoisotopic (exact) mass is 482 g/mol. The summed E-state index contributed by atoms with van der Waals surface area (Å²) in [7, 11) is 0. The van der Waals surface area contributed by atoms with E-state index < -0.39 is 60.0 Å². The predicted octanol–water partition coefficient (Wildman–Crippen LogP) is -0.277. The van der Waals surface area contributed by atoms with E-state index in [1.807, 2.05) is 27.7 Å². The van der Waals surface area contributed by atoms with Crippen molar-refractivity contribution in [2.24, 2.45) is 28.4 Å². The maximum absolute atomic E-state index is 12.8. The van der Waals surface area contributed by atoms with Gasteiger partial charge >= 0.3 is 0 Å². The molecule has 3 rings (SSSR count). The molecular weight excluding hydrogens is 444 g/mol. The van der Waals surface area contributed by atoms with Gasteiger partial charge in [0.25, 0.3) is 0 Å². The quantitative estimate of drug-likeness (QED) is 0.196. The summed E-state index contributed by atoms with van der Waals surface area (Å²) in [5.41, 5.74) is 5.72. The minimum absolute atomic E-state index is 0.0287. The second kappa shape index (κ2) is 9.73. The molecule has 1 aliphatic carbocycles. The van der Waals surface area contributed by atoms with Crippen LogP contribution in [-0.4, -0.2) is 85.4 Å². The van der Waals surface area contributed by atoms with Crippen LogP contribution in [0.2, 0.25) is 0 Å². The molecule has 1 aromatic heterocycles. The summed E-state index contributed by atoms with van der Waals surface area (Å²) in [6, 6.07) is -0.830. The van der Waals surface area contributed by atoms with Gasteiger partial charge in [0, 0.05) is 23.7 Å². The fourth-order valence-corrected chi connectivity index (χ4v) is 5.34. The Morgan fingerprint density at radius 3 is 2.62 bits per heavy atom. The Hall–Kier alpha value is -1.73. The number of carbonyl (C=O) groups excluding carboxylic acids is 1. The van der Waals surface area contributed by atoms with Crippen molar-refractivity contribution in [2.45, 2.75) is 77.3 Å². The lowest BCUT2D eigenvalue weighted by Crippen LogP contribution is -2.63. The summed E-state index contributed by atoms with van der Waals surface area (Å²) in [5, 5.41) is 48.7. The maximum atomic E-state index is 12.8. The molecule has 1 saturated heterocycles. The van der Waals surface area contributed by atoms with Crippen LogP contribution in [0.4, 0.5) is 0 Å². The van der Waals surface area contributed by atoms with Crippen molar-refractivity contribution in [3.05, 3.63) is 18.2 Å². The number of hydrogen-bond acceptors (Lipinski definition) is 10. The summed E-state index contributed by atoms with van der Waals surface area (Å²) in [4.78, 5) is 19.6. The molecule has 7 atom stereocenters. The average molecular weight is 483 g/mol. The normalized spacial score (nSPS) is 32.2. The van der Waals surface area contributed by atoms with E-state index in [0.29, 0.717) is 12.8 Å². The number of rotatable bonds is 12. The minimum Gasteiger partial charge on any atom is -0.396 e. The highest BCUT2D eigenvalue weighted by molar-refractivity contribution is 6.42. The number of hydrogen-bond donors (Lipinski definition) is 7. The third-order valence-electron chi connectivity index (χ3n) is 7.17. The van der Waals surface area contributed by atoms with Crippen molar-refractivity contribution in [3.63, 3.8) is 0 Å². The number of carbonyl (C=O) groups is 1. The van der Waals surface area contributed by atoms with Crippen LogP contribution in [0.15, 0.2) is 12.5 Å². The van der Waals surface area contributed by atoms with E-state index in [1.165, 1.54) is 6.33 Å². The van der Waals surface area contributed by atoms with Gasteiger partial charge in [-0.1, -0.05) is 27.7 Å². The first-order valence-electron chi connectivity index (χ1n) is 11.6. The lowest BCUT2D eigenvalue weighted by Gasteiger charge is -2.49. The van der Waals surface area contributed by atoms with Gasteiger partial charge in [-0.2, -0.15) is 0 Å². The average Bonchev–Trinajstić information content (AvgIpc) is 3.28. The molecule has 0 aromatic carbocycles. The molecule has 8 N–H and O–H groups in total. The van der Waals surface area contributed by atoms with Gasteiger partial charge in [0.1, 0.15) is 0 Å². The standard InChI is InChI=1S/C23H38N4O7/c1-21(2,5-6-33-20-15-18(31)16(29)13(9-28)23(15,32)34-20)10-22(3,4)19(25)17(30)14(24)7-12-8-26-11-27-12/h8,11,13-16,18,20,25,28-29,31-32H,5-7,9-10,24H2,1-4H3,(H,26,27). The topological polar surface area (TPSA) is 195 Å². The third-order valence-corrected chi connectivity index (χ3v) is 7.17. The van der Waals surface area contributed by atoms with Gasteiger partial charge in [0.15, 0.2) is 17.9 Å². The largest absolute Gasteiger partial charge is 0.396 e. The zero-order valence-corrected chi connectivity index (χ0v) is 20.2. The molecule has 7 unspecified atom stereocenters. The van der Waals surface area contributed by atoms with Crippen LogP contribution >= 0.6 is 0 Å². The number of aliphatic hydroxyl groups excluding tert-OH is 3. The van der Waals surface area contributed by atoms with E-state index in [0.717, 1.165) is 5.69 Å². The molecule has 11 heteroatoms. The van der Waals surface area contributed by atoms with Crippen molar-refractivity contribution < 1.29 is 34.7 Å². The second-order valence-corrected chi connectivity index (χ2v) is 11.0. The first-order chi connectivity index (χ1) is 15.7. The van der Waals surface area contributed by atoms with Crippen LogP contribution in [0, 0.1) is 28.1 Å². The predicted molar refractivity (Wildman–Crippen MR) is 122 cm³/mol. The molecule has 2 aliphatic rings. The van der Waals surface area contributed by atoms with Gasteiger partial charge < -0.3 is 46.0 Å². The smallest absolute Gasteiger partial charge is 0.193 e. The van der Waals surface area contributed by atoms with Crippen LogP contribution in [0.5, 0.6) is 0 Å². The fraction of sp³-hybridized carbons (Fsp3) is 0.783. The van der Waals surface area contributed by atoms with E-state index in [1.54, 1.807) is 6.20 Å². The van der Waals surface area contributed by atoms with Gasteiger partial charge in [-0.3, -0.25) is 4.79 Å². The van der Waals surface area contributed by atoms with Crippen LogP contribution in [0.25, 0.3) is 0 Å². The summed E-state index contributed by atoms with van der Waals surface area (Å²) >= 11 is 0. The molecule has 34 heavy (non-hydrogen) atoms. The lowest BCUT2D eigenvalue weighted by atomic mass is 9.70. The number of nitrogens with one attached hydrogen (secondary N) is 2. The number of nitrogens with zero attached hydrogens (tertiary/aromatic N) is 1. The van der Waals surface area contributed by atoms with Crippen LogP contribution < -0.4 is 5.73 Å². The Balaban J connectivity index is 1.50. The zero-order chi connectivity index (χ0) is 25.5. The molecule has 1 aliphatic heterocycles. The van der Waals surface area contributed by atoms with E-state index in [-0.39, 0.29) is 24.2 Å². The molecular formula is C23H38N4O7. The summed E-state index contributed by atoms with van der Waals surface area (Å²) in [6.07, 6.45) is 1.04. The molecule has 2 heterocycles. The molecule has 0 spiro atoms. The zero-order valence-electron chi connectivity index (χ0n) is 20.2. The summed E-state index contributed by atoms with van der Waals surface area (Å²) < 4.78 is 11.1. The highest BCUT2D eigenvalue weighted by Crippen LogP contribution is 2.53. The van der Waals surface area contributed by atoms with E-state index in [4.69, 9.17) is 20.6 Å². The fourth-order valence-electron chi connectivity index (χ4n) is 5.34. The number of aromatic amines is 1. The van der Waals surface area contributed by atoms with Crippen molar-refractivity contribution >= 4 is 11.5 Å². The van der Waals surface area contributed by atoms with Crippen LogP contribution in [0.3, 0.4) is 0 Å².